The molecule has 1 aliphatic carbocycles. The van der Waals surface area contributed by atoms with Crippen LogP contribution in [0, 0.1) is 5.92 Å². The third-order valence-electron chi connectivity index (χ3n) is 2.80. The molecule has 2 rings (SSSR count). The molecule has 0 unspecified atom stereocenters. The minimum Gasteiger partial charge on any atom is -0.370 e. The zero-order valence-corrected chi connectivity index (χ0v) is 7.92. The highest BCUT2D eigenvalue weighted by atomic mass is 15.0. The molecule has 0 spiro atoms. The molecular weight excluding hydrogens is 162 g/mol. The number of nitrogens with zero attached hydrogens (tertiary/aromatic N) is 1. The molecule has 3 nitrogen and oxygen atoms in total. The van der Waals surface area contributed by atoms with Crippen molar-refractivity contribution in [3.8, 4) is 0 Å². The van der Waals surface area contributed by atoms with Crippen molar-refractivity contribution in [1.29, 1.82) is 0 Å². The van der Waals surface area contributed by atoms with Crippen LogP contribution < -0.4 is 5.32 Å². The summed E-state index contributed by atoms with van der Waals surface area (Å²) >= 11 is 0. The van der Waals surface area contributed by atoms with Crippen LogP contribution in [0.5, 0.6) is 0 Å². The number of aromatic nitrogens is 2. The molecule has 1 aromatic rings. The first-order valence-electron chi connectivity index (χ1n) is 5.17. The lowest BCUT2D eigenvalue weighted by atomic mass is 9.89. The van der Waals surface area contributed by atoms with Crippen LogP contribution in [-0.2, 0) is 0 Å². The standard InChI is InChI=1S/C10H17N3/c1-2-4-9(5-3-1)6-12-10-7-11-8-13-10/h7-9,12H,1-6H2,(H,11,13). The zero-order chi connectivity index (χ0) is 8.93. The van der Waals surface area contributed by atoms with Gasteiger partial charge in [0.1, 0.15) is 5.82 Å². The summed E-state index contributed by atoms with van der Waals surface area (Å²) in [6.45, 7) is 1.10. The van der Waals surface area contributed by atoms with E-state index in [9.17, 15) is 0 Å². The molecule has 1 aromatic heterocycles. The monoisotopic (exact) mass is 179 g/mol. The van der Waals surface area contributed by atoms with Crippen molar-refractivity contribution in [2.24, 2.45) is 5.92 Å². The Balaban J connectivity index is 1.72. The Hall–Kier alpha value is -0.990. The van der Waals surface area contributed by atoms with Gasteiger partial charge in [0.25, 0.3) is 0 Å². The van der Waals surface area contributed by atoms with Gasteiger partial charge in [0.2, 0.25) is 0 Å². The van der Waals surface area contributed by atoms with Gasteiger partial charge in [-0.15, -0.1) is 0 Å². The van der Waals surface area contributed by atoms with Gasteiger partial charge in [0, 0.05) is 6.54 Å². The molecule has 13 heavy (non-hydrogen) atoms. The van der Waals surface area contributed by atoms with E-state index >= 15 is 0 Å². The van der Waals surface area contributed by atoms with Crippen LogP contribution in [0.2, 0.25) is 0 Å². The van der Waals surface area contributed by atoms with Crippen molar-refractivity contribution in [1.82, 2.24) is 9.97 Å². The Labute approximate surface area is 79.0 Å². The van der Waals surface area contributed by atoms with Gasteiger partial charge in [0.15, 0.2) is 0 Å². The number of hydrogen-bond donors (Lipinski definition) is 2. The van der Waals surface area contributed by atoms with Crippen molar-refractivity contribution in [3.05, 3.63) is 12.5 Å². The predicted octanol–water partition coefficient (Wildman–Crippen LogP) is 2.40. The van der Waals surface area contributed by atoms with Crippen molar-refractivity contribution in [2.45, 2.75) is 32.1 Å². The molecule has 0 aromatic carbocycles. The molecule has 0 aliphatic heterocycles. The van der Waals surface area contributed by atoms with E-state index < -0.39 is 0 Å². The third-order valence-corrected chi connectivity index (χ3v) is 2.80. The maximum absolute atomic E-state index is 3.97. The molecule has 72 valence electrons. The summed E-state index contributed by atoms with van der Waals surface area (Å²) in [7, 11) is 0. The Kier molecular flexibility index (Phi) is 2.85. The van der Waals surface area contributed by atoms with Gasteiger partial charge < -0.3 is 10.3 Å². The fourth-order valence-corrected chi connectivity index (χ4v) is 2.00. The van der Waals surface area contributed by atoms with Crippen LogP contribution >= 0.6 is 0 Å². The number of H-pyrrole nitrogens is 1. The molecule has 0 amide bonds. The molecule has 1 fully saturated rings. The summed E-state index contributed by atoms with van der Waals surface area (Å²) in [5.41, 5.74) is 0. The predicted molar refractivity (Wildman–Crippen MR) is 53.7 cm³/mol. The molecule has 0 bridgehead atoms. The van der Waals surface area contributed by atoms with E-state index in [1.54, 1.807) is 6.33 Å². The second kappa shape index (κ2) is 4.30. The molecule has 1 aliphatic rings. The number of anilines is 1. The van der Waals surface area contributed by atoms with E-state index in [0.29, 0.717) is 0 Å². The van der Waals surface area contributed by atoms with Crippen LogP contribution in [0.4, 0.5) is 5.82 Å². The number of hydrogen-bond acceptors (Lipinski definition) is 2. The first-order chi connectivity index (χ1) is 6.45. The highest BCUT2D eigenvalue weighted by molar-refractivity contribution is 5.30. The Morgan fingerprint density at radius 2 is 2.23 bits per heavy atom. The van der Waals surface area contributed by atoms with Gasteiger partial charge in [0.05, 0.1) is 12.5 Å². The fraction of sp³-hybridized carbons (Fsp3) is 0.700. The minimum atomic E-state index is 0.872. The maximum Gasteiger partial charge on any atom is 0.123 e. The third kappa shape index (κ3) is 2.47. The summed E-state index contributed by atoms with van der Waals surface area (Å²) in [6, 6.07) is 0. The van der Waals surface area contributed by atoms with Crippen molar-refractivity contribution < 1.29 is 0 Å². The van der Waals surface area contributed by atoms with E-state index in [2.05, 4.69) is 15.3 Å². The van der Waals surface area contributed by atoms with E-state index in [4.69, 9.17) is 0 Å². The molecular formula is C10H17N3. The average molecular weight is 179 g/mol. The van der Waals surface area contributed by atoms with E-state index in [1.807, 2.05) is 6.20 Å². The molecule has 2 N–H and O–H groups in total. The number of rotatable bonds is 3. The average Bonchev–Trinajstić information content (AvgIpc) is 2.69. The number of imidazole rings is 1. The summed E-state index contributed by atoms with van der Waals surface area (Å²) in [5.74, 6) is 1.92. The summed E-state index contributed by atoms with van der Waals surface area (Å²) in [4.78, 5) is 7.02. The van der Waals surface area contributed by atoms with Crippen LogP contribution in [0.15, 0.2) is 12.5 Å². The maximum atomic E-state index is 3.97. The Morgan fingerprint density at radius 1 is 1.38 bits per heavy atom. The van der Waals surface area contributed by atoms with E-state index in [-0.39, 0.29) is 0 Å². The van der Waals surface area contributed by atoms with Crippen LogP contribution in [0.1, 0.15) is 32.1 Å². The zero-order valence-electron chi connectivity index (χ0n) is 7.92. The second-order valence-corrected chi connectivity index (χ2v) is 3.85. The lowest BCUT2D eigenvalue weighted by molar-refractivity contribution is 0.373. The van der Waals surface area contributed by atoms with E-state index in [1.165, 1.54) is 32.1 Å². The lowest BCUT2D eigenvalue weighted by Gasteiger charge is -2.21. The normalized spacial score (nSPS) is 18.8. The Bertz CT molecular complexity index is 224. The van der Waals surface area contributed by atoms with Gasteiger partial charge in [-0.05, 0) is 18.8 Å². The second-order valence-electron chi connectivity index (χ2n) is 3.85. The summed E-state index contributed by atoms with van der Waals surface area (Å²) in [5, 5.41) is 3.38. The van der Waals surface area contributed by atoms with Gasteiger partial charge in [-0.3, -0.25) is 0 Å². The van der Waals surface area contributed by atoms with Gasteiger partial charge in [-0.25, -0.2) is 4.98 Å². The van der Waals surface area contributed by atoms with Gasteiger partial charge in [-0.1, -0.05) is 19.3 Å². The SMILES string of the molecule is c1ncc(NCC2CCCCC2)[nH]1. The molecule has 0 saturated heterocycles. The highest BCUT2D eigenvalue weighted by Crippen LogP contribution is 2.23. The van der Waals surface area contributed by atoms with Crippen molar-refractivity contribution in [3.63, 3.8) is 0 Å². The topological polar surface area (TPSA) is 40.7 Å². The summed E-state index contributed by atoms with van der Waals surface area (Å²) in [6.07, 6.45) is 10.6. The minimum absolute atomic E-state index is 0.872. The smallest absolute Gasteiger partial charge is 0.123 e. The largest absolute Gasteiger partial charge is 0.370 e. The molecule has 0 atom stereocenters. The van der Waals surface area contributed by atoms with Crippen LogP contribution in [0.25, 0.3) is 0 Å². The van der Waals surface area contributed by atoms with E-state index in [0.717, 1.165) is 18.3 Å². The highest BCUT2D eigenvalue weighted by Gasteiger charge is 2.12. The summed E-state index contributed by atoms with van der Waals surface area (Å²) < 4.78 is 0. The molecule has 1 saturated carbocycles. The Morgan fingerprint density at radius 3 is 2.92 bits per heavy atom. The molecule has 0 radical (unpaired) electrons. The van der Waals surface area contributed by atoms with Crippen molar-refractivity contribution in [2.75, 3.05) is 11.9 Å². The van der Waals surface area contributed by atoms with Crippen LogP contribution in [-0.4, -0.2) is 16.5 Å². The first-order valence-corrected chi connectivity index (χ1v) is 5.17. The molecule has 1 heterocycles. The first kappa shape index (κ1) is 8.60. The van der Waals surface area contributed by atoms with Gasteiger partial charge in [-0.2, -0.15) is 0 Å². The van der Waals surface area contributed by atoms with Crippen LogP contribution in [0.3, 0.4) is 0 Å². The number of nitrogens with one attached hydrogen (secondary N) is 2. The quantitative estimate of drug-likeness (QED) is 0.748. The lowest BCUT2D eigenvalue weighted by Crippen LogP contribution is -2.17. The number of aromatic amines is 1. The van der Waals surface area contributed by atoms with Crippen molar-refractivity contribution >= 4 is 5.82 Å². The van der Waals surface area contributed by atoms with Gasteiger partial charge >= 0.3 is 0 Å². The molecule has 3 heteroatoms. The fourth-order valence-electron chi connectivity index (χ4n) is 2.00.